The van der Waals surface area contributed by atoms with Crippen molar-refractivity contribution in [2.24, 2.45) is 0 Å². The molecule has 0 spiro atoms. The fourth-order valence-electron chi connectivity index (χ4n) is 2.85. The van der Waals surface area contributed by atoms with Crippen molar-refractivity contribution in [3.63, 3.8) is 0 Å². The van der Waals surface area contributed by atoms with Crippen molar-refractivity contribution in [1.29, 1.82) is 0 Å². The lowest BCUT2D eigenvalue weighted by Crippen LogP contribution is -1.92. The monoisotopic (exact) mass is 343 g/mol. The van der Waals surface area contributed by atoms with Crippen LogP contribution >= 0.6 is 24.8 Å². The summed E-state index contributed by atoms with van der Waals surface area (Å²) in [4.78, 5) is 10.6. The Bertz CT molecular complexity index is 998. The maximum atomic E-state index is 10.6. The van der Waals surface area contributed by atoms with E-state index in [0.29, 0.717) is 6.41 Å². The Hall–Kier alpha value is -2.29. The Balaban J connectivity index is 0.000000960. The number of hydrogen-bond acceptors (Lipinski definition) is 1. The molecule has 4 aromatic carbocycles. The minimum Gasteiger partial charge on any atom is -0.329 e. The highest BCUT2D eigenvalue weighted by molar-refractivity contribution is 6.05. The predicted octanol–water partition coefficient (Wildman–Crippen LogP) is 5.56. The molecule has 0 saturated carbocycles. The molecule has 0 saturated heterocycles. The van der Waals surface area contributed by atoms with Crippen LogP contribution in [0.2, 0.25) is 0 Å². The van der Waals surface area contributed by atoms with E-state index in [1.54, 1.807) is 0 Å². The van der Waals surface area contributed by atoms with Crippen molar-refractivity contribution in [1.82, 2.24) is 0 Å². The Kier molecular flexibility index (Phi) is 5.09. The zero-order chi connectivity index (χ0) is 14.2. The molecule has 0 aliphatic carbocycles. The number of fused-ring (bicyclic) bond motifs is 3. The fraction of sp³-hybridized carbons (Fsp3) is 0. The van der Waals surface area contributed by atoms with Gasteiger partial charge in [-0.05, 0) is 68.7 Å². The van der Waals surface area contributed by atoms with Crippen LogP contribution in [0.15, 0.2) is 66.7 Å². The van der Waals surface area contributed by atoms with Crippen molar-refractivity contribution < 1.29 is 4.79 Å². The summed E-state index contributed by atoms with van der Waals surface area (Å²) in [6.45, 7) is 0. The molecule has 0 aliphatic heterocycles. The van der Waals surface area contributed by atoms with Gasteiger partial charge in [0, 0.05) is 5.69 Å². The highest BCUT2D eigenvalue weighted by Gasteiger charge is 2.02. The number of carbonyl (C=O) groups excluding carboxylic acids is 1. The minimum absolute atomic E-state index is 0. The summed E-state index contributed by atoms with van der Waals surface area (Å²) in [5, 5.41) is 9.94. The number of amides is 1. The predicted molar refractivity (Wildman–Crippen MR) is 103 cm³/mol. The molecule has 4 rings (SSSR count). The molecule has 0 unspecified atom stereocenters. The molecule has 2 nitrogen and oxygen atoms in total. The summed E-state index contributed by atoms with van der Waals surface area (Å²) >= 11 is 0. The number of carbonyl (C=O) groups is 1. The van der Waals surface area contributed by atoms with E-state index in [-0.39, 0.29) is 24.8 Å². The van der Waals surface area contributed by atoms with Gasteiger partial charge >= 0.3 is 0 Å². The zero-order valence-corrected chi connectivity index (χ0v) is 13.8. The highest BCUT2D eigenvalue weighted by Crippen LogP contribution is 2.28. The lowest BCUT2D eigenvalue weighted by Gasteiger charge is -2.06. The van der Waals surface area contributed by atoms with Gasteiger partial charge in [0.1, 0.15) is 0 Å². The molecule has 0 heterocycles. The quantitative estimate of drug-likeness (QED) is 0.374. The molecule has 4 heteroatoms. The molecule has 0 bridgehead atoms. The molecule has 0 aromatic heterocycles. The Morgan fingerprint density at radius 1 is 0.609 bits per heavy atom. The minimum atomic E-state index is 0. The first-order chi connectivity index (χ1) is 10.3. The van der Waals surface area contributed by atoms with E-state index in [1.807, 2.05) is 18.2 Å². The number of anilines is 1. The third-order valence-corrected chi connectivity index (χ3v) is 3.89. The van der Waals surface area contributed by atoms with Crippen molar-refractivity contribution in [2.45, 2.75) is 0 Å². The first-order valence-electron chi connectivity index (χ1n) is 6.90. The number of benzene rings is 4. The van der Waals surface area contributed by atoms with Gasteiger partial charge in [0.15, 0.2) is 0 Å². The first kappa shape index (κ1) is 17.1. The second-order valence-corrected chi connectivity index (χ2v) is 5.22. The average Bonchev–Trinajstić information content (AvgIpc) is 2.51. The van der Waals surface area contributed by atoms with E-state index in [1.165, 1.54) is 26.9 Å². The van der Waals surface area contributed by atoms with E-state index >= 15 is 0 Å². The summed E-state index contributed by atoms with van der Waals surface area (Å²) in [6.07, 6.45) is 0.704. The largest absolute Gasteiger partial charge is 0.329 e. The topological polar surface area (TPSA) is 29.1 Å². The van der Waals surface area contributed by atoms with Crippen LogP contribution in [-0.4, -0.2) is 6.41 Å². The van der Waals surface area contributed by atoms with Gasteiger partial charge in [0.05, 0.1) is 0 Å². The Morgan fingerprint density at radius 2 is 1.09 bits per heavy atom. The molecule has 1 amide bonds. The Morgan fingerprint density at radius 3 is 1.65 bits per heavy atom. The Labute approximate surface area is 146 Å². The molecule has 23 heavy (non-hydrogen) atoms. The smallest absolute Gasteiger partial charge is 0.211 e. The van der Waals surface area contributed by atoms with Gasteiger partial charge in [-0.3, -0.25) is 4.79 Å². The summed E-state index contributed by atoms with van der Waals surface area (Å²) in [5.74, 6) is 0. The van der Waals surface area contributed by atoms with Crippen molar-refractivity contribution >= 4 is 69.2 Å². The van der Waals surface area contributed by atoms with Gasteiger partial charge in [-0.1, -0.05) is 30.3 Å². The van der Waals surface area contributed by atoms with Gasteiger partial charge in [0.2, 0.25) is 6.41 Å². The van der Waals surface area contributed by atoms with Gasteiger partial charge in [0.25, 0.3) is 0 Å². The van der Waals surface area contributed by atoms with E-state index in [2.05, 4.69) is 53.8 Å². The SMILES string of the molecule is Cl.Cl.O=CNc1ccc2cc3cc4ccccc4cc3cc2c1. The molecular formula is C19H15Cl2NO. The fourth-order valence-corrected chi connectivity index (χ4v) is 2.85. The van der Waals surface area contributed by atoms with Crippen LogP contribution in [0.5, 0.6) is 0 Å². The average molecular weight is 344 g/mol. The molecule has 1 N–H and O–H groups in total. The van der Waals surface area contributed by atoms with Crippen molar-refractivity contribution in [3.05, 3.63) is 66.7 Å². The van der Waals surface area contributed by atoms with Crippen LogP contribution in [-0.2, 0) is 4.79 Å². The third-order valence-electron chi connectivity index (χ3n) is 3.89. The number of halogens is 2. The summed E-state index contributed by atoms with van der Waals surface area (Å²) < 4.78 is 0. The van der Waals surface area contributed by atoms with Crippen LogP contribution in [0.25, 0.3) is 32.3 Å². The van der Waals surface area contributed by atoms with Gasteiger partial charge in [-0.25, -0.2) is 0 Å². The van der Waals surface area contributed by atoms with Crippen LogP contribution in [0.4, 0.5) is 5.69 Å². The zero-order valence-electron chi connectivity index (χ0n) is 12.2. The second kappa shape index (κ2) is 6.86. The lowest BCUT2D eigenvalue weighted by molar-refractivity contribution is -0.105. The first-order valence-corrected chi connectivity index (χ1v) is 6.90. The van der Waals surface area contributed by atoms with Crippen molar-refractivity contribution in [3.8, 4) is 0 Å². The number of rotatable bonds is 2. The van der Waals surface area contributed by atoms with Crippen molar-refractivity contribution in [2.75, 3.05) is 5.32 Å². The maximum absolute atomic E-state index is 10.6. The molecule has 0 atom stereocenters. The molecule has 4 aromatic rings. The van der Waals surface area contributed by atoms with E-state index in [9.17, 15) is 4.79 Å². The third kappa shape index (κ3) is 3.09. The lowest BCUT2D eigenvalue weighted by atomic mass is 9.99. The summed E-state index contributed by atoms with van der Waals surface area (Å²) in [6, 6.07) is 23.1. The van der Waals surface area contributed by atoms with Crippen LogP contribution in [0.3, 0.4) is 0 Å². The molecule has 0 radical (unpaired) electrons. The van der Waals surface area contributed by atoms with Crippen LogP contribution < -0.4 is 5.32 Å². The maximum Gasteiger partial charge on any atom is 0.211 e. The van der Waals surface area contributed by atoms with E-state index in [4.69, 9.17) is 0 Å². The van der Waals surface area contributed by atoms with Gasteiger partial charge < -0.3 is 5.32 Å². The van der Waals surface area contributed by atoms with Crippen LogP contribution in [0.1, 0.15) is 0 Å². The molecular weight excluding hydrogens is 329 g/mol. The number of hydrogen-bond donors (Lipinski definition) is 1. The summed E-state index contributed by atoms with van der Waals surface area (Å²) in [5.41, 5.74) is 0.817. The van der Waals surface area contributed by atoms with Crippen LogP contribution in [0, 0.1) is 0 Å². The normalized spacial score (nSPS) is 10.1. The van der Waals surface area contributed by atoms with E-state index < -0.39 is 0 Å². The van der Waals surface area contributed by atoms with Gasteiger partial charge in [-0.2, -0.15) is 0 Å². The van der Waals surface area contributed by atoms with E-state index in [0.717, 1.165) is 11.1 Å². The molecule has 0 fully saturated rings. The highest BCUT2D eigenvalue weighted by atomic mass is 35.5. The summed E-state index contributed by atoms with van der Waals surface area (Å²) in [7, 11) is 0. The number of nitrogens with one attached hydrogen (secondary N) is 1. The standard InChI is InChI=1S/C19H13NO.2ClH/c21-12-20-19-6-5-15-9-16-7-13-3-1-2-4-14(13)8-17(16)10-18(15)11-19;;/h1-12H,(H,20,21);2*1H. The molecule has 0 aliphatic rings. The second-order valence-electron chi connectivity index (χ2n) is 5.22. The molecule has 116 valence electrons. The van der Waals surface area contributed by atoms with Gasteiger partial charge in [-0.15, -0.1) is 24.8 Å².